The van der Waals surface area contributed by atoms with Crippen LogP contribution in [0.5, 0.6) is 0 Å². The molecule has 0 aromatic heterocycles. The van der Waals surface area contributed by atoms with Gasteiger partial charge in [0.15, 0.2) is 0 Å². The van der Waals surface area contributed by atoms with Crippen LogP contribution < -0.4 is 0 Å². The summed E-state index contributed by atoms with van der Waals surface area (Å²) in [7, 11) is 4.41. The van der Waals surface area contributed by atoms with E-state index in [0.29, 0.717) is 12.1 Å². The SMILES string of the molecule is CC.CC(C)[N-]CCCN(C)CCCN(C)C(C)C.[Y]. The van der Waals surface area contributed by atoms with E-state index in [4.69, 9.17) is 0 Å². The molecule has 0 saturated carbocycles. The first-order valence-electron chi connectivity index (χ1n) is 7.99. The molecule has 0 aliphatic carbocycles. The van der Waals surface area contributed by atoms with Gasteiger partial charge in [-0.1, -0.05) is 34.1 Å². The molecule has 0 aromatic rings. The van der Waals surface area contributed by atoms with Gasteiger partial charge in [-0.15, -0.1) is 12.6 Å². The molecule has 0 saturated heterocycles. The first kappa shape index (κ1) is 25.9. The van der Waals surface area contributed by atoms with Crippen LogP contribution in [0.2, 0.25) is 0 Å². The van der Waals surface area contributed by atoms with Crippen molar-refractivity contribution in [2.45, 2.75) is 66.5 Å². The van der Waals surface area contributed by atoms with Crippen LogP contribution in [-0.2, 0) is 32.7 Å². The van der Waals surface area contributed by atoms with E-state index in [-0.39, 0.29) is 32.7 Å². The topological polar surface area (TPSA) is 20.6 Å². The fourth-order valence-electron chi connectivity index (χ4n) is 1.65. The van der Waals surface area contributed by atoms with Crippen molar-refractivity contribution in [3.63, 3.8) is 0 Å². The van der Waals surface area contributed by atoms with Crippen LogP contribution in [0.15, 0.2) is 0 Å². The summed E-state index contributed by atoms with van der Waals surface area (Å²) in [5.74, 6) is 0. The molecule has 0 rings (SSSR count). The van der Waals surface area contributed by atoms with Crippen molar-refractivity contribution in [1.82, 2.24) is 9.80 Å². The van der Waals surface area contributed by atoms with Gasteiger partial charge in [0.25, 0.3) is 0 Å². The average molecular weight is 361 g/mol. The monoisotopic (exact) mass is 361 g/mol. The molecule has 0 amide bonds. The third-order valence-electron chi connectivity index (χ3n) is 3.12. The van der Waals surface area contributed by atoms with Gasteiger partial charge in [-0.05, 0) is 54.0 Å². The summed E-state index contributed by atoms with van der Waals surface area (Å²) in [6.07, 6.45) is 2.45. The van der Waals surface area contributed by atoms with Crippen molar-refractivity contribution in [3.8, 4) is 0 Å². The molecular formula is C16H38N3Y-. The Morgan fingerprint density at radius 3 is 1.80 bits per heavy atom. The zero-order valence-corrected chi connectivity index (χ0v) is 18.2. The van der Waals surface area contributed by atoms with Gasteiger partial charge in [-0.25, -0.2) is 0 Å². The third kappa shape index (κ3) is 19.0. The fourth-order valence-corrected chi connectivity index (χ4v) is 1.65. The van der Waals surface area contributed by atoms with Gasteiger partial charge in [-0.2, -0.15) is 0 Å². The van der Waals surface area contributed by atoms with Crippen molar-refractivity contribution in [2.24, 2.45) is 0 Å². The van der Waals surface area contributed by atoms with Crippen LogP contribution in [0.3, 0.4) is 0 Å². The maximum absolute atomic E-state index is 4.49. The summed E-state index contributed by atoms with van der Waals surface area (Å²) in [4.78, 5) is 4.83. The number of hydrogen-bond donors (Lipinski definition) is 0. The summed E-state index contributed by atoms with van der Waals surface area (Å²) in [6, 6.07) is 1.14. The Morgan fingerprint density at radius 1 is 0.850 bits per heavy atom. The van der Waals surface area contributed by atoms with Gasteiger partial charge in [0.1, 0.15) is 0 Å². The molecule has 3 nitrogen and oxygen atoms in total. The van der Waals surface area contributed by atoms with Crippen LogP contribution >= 0.6 is 0 Å². The largest absolute Gasteiger partial charge is 0.660 e. The second-order valence-corrected chi connectivity index (χ2v) is 5.58. The summed E-state index contributed by atoms with van der Waals surface area (Å²) >= 11 is 0. The molecule has 0 aliphatic rings. The zero-order chi connectivity index (χ0) is 15.3. The van der Waals surface area contributed by atoms with Gasteiger partial charge >= 0.3 is 0 Å². The predicted octanol–water partition coefficient (Wildman–Crippen LogP) is 3.84. The van der Waals surface area contributed by atoms with E-state index in [2.05, 4.69) is 56.9 Å². The molecule has 0 spiro atoms. The van der Waals surface area contributed by atoms with Gasteiger partial charge in [0, 0.05) is 38.8 Å². The predicted molar refractivity (Wildman–Crippen MR) is 89.2 cm³/mol. The standard InChI is InChI=1S/C14H32N3.C2H6.Y/c1-13(2)15-9-7-10-16(5)11-8-12-17(6)14(3)4;1-2;/h13-14H,7-12H2,1-6H3;1-2H3;/q-1;;. The molecule has 0 atom stereocenters. The molecule has 0 heterocycles. The minimum Gasteiger partial charge on any atom is -0.660 e. The number of rotatable bonds is 10. The third-order valence-corrected chi connectivity index (χ3v) is 3.12. The Labute approximate surface area is 154 Å². The zero-order valence-electron chi connectivity index (χ0n) is 15.3. The van der Waals surface area contributed by atoms with Crippen molar-refractivity contribution in [2.75, 3.05) is 40.3 Å². The molecule has 4 heteroatoms. The maximum atomic E-state index is 4.49. The first-order chi connectivity index (χ1) is 8.93. The molecule has 1 radical (unpaired) electrons. The average Bonchev–Trinajstić information content (AvgIpc) is 2.36. The quantitative estimate of drug-likeness (QED) is 0.551. The van der Waals surface area contributed by atoms with Crippen LogP contribution in [0.4, 0.5) is 0 Å². The van der Waals surface area contributed by atoms with Crippen molar-refractivity contribution in [3.05, 3.63) is 5.32 Å². The Balaban J connectivity index is -0.000000916. The van der Waals surface area contributed by atoms with Crippen molar-refractivity contribution in [1.29, 1.82) is 0 Å². The summed E-state index contributed by atoms with van der Waals surface area (Å²) in [5.41, 5.74) is 0. The number of nitrogens with zero attached hydrogens (tertiary/aromatic N) is 3. The van der Waals surface area contributed by atoms with E-state index in [1.54, 1.807) is 0 Å². The van der Waals surface area contributed by atoms with Crippen LogP contribution in [0.25, 0.3) is 5.32 Å². The van der Waals surface area contributed by atoms with Gasteiger partial charge < -0.3 is 15.1 Å². The van der Waals surface area contributed by atoms with Crippen molar-refractivity contribution < 1.29 is 32.7 Å². The van der Waals surface area contributed by atoms with E-state index in [0.717, 1.165) is 6.54 Å². The Kier molecular flexibility index (Phi) is 23.4. The van der Waals surface area contributed by atoms with Crippen LogP contribution in [0.1, 0.15) is 54.4 Å². The van der Waals surface area contributed by atoms with Crippen LogP contribution in [0, 0.1) is 0 Å². The van der Waals surface area contributed by atoms with E-state index in [9.17, 15) is 0 Å². The maximum Gasteiger partial charge on any atom is 0.00355 e. The summed E-state index contributed by atoms with van der Waals surface area (Å²) < 4.78 is 0. The number of hydrogen-bond acceptors (Lipinski definition) is 2. The Morgan fingerprint density at radius 2 is 1.35 bits per heavy atom. The van der Waals surface area contributed by atoms with Gasteiger partial charge in [0.2, 0.25) is 0 Å². The summed E-state index contributed by atoms with van der Waals surface area (Å²) in [6.45, 7) is 17.3. The molecule has 0 fully saturated rings. The molecule has 0 aliphatic heterocycles. The molecule has 0 unspecified atom stereocenters. The first-order valence-corrected chi connectivity index (χ1v) is 7.99. The fraction of sp³-hybridized carbons (Fsp3) is 1.00. The molecule has 0 aromatic carbocycles. The van der Waals surface area contributed by atoms with Gasteiger partial charge in [-0.3, -0.25) is 0 Å². The van der Waals surface area contributed by atoms with E-state index in [1.165, 1.54) is 32.5 Å². The minimum atomic E-state index is 0. The Bertz CT molecular complexity index is 175. The second-order valence-electron chi connectivity index (χ2n) is 5.58. The Hall–Kier alpha value is 0.984. The van der Waals surface area contributed by atoms with Crippen molar-refractivity contribution >= 4 is 0 Å². The molecular weight excluding hydrogens is 323 g/mol. The molecule has 0 N–H and O–H groups in total. The molecule has 0 bridgehead atoms. The van der Waals surface area contributed by atoms with E-state index in [1.807, 2.05) is 13.8 Å². The second kappa shape index (κ2) is 18.0. The smallest absolute Gasteiger partial charge is 0.00355 e. The van der Waals surface area contributed by atoms with E-state index < -0.39 is 0 Å². The normalized spacial score (nSPS) is 10.8. The summed E-state index contributed by atoms with van der Waals surface area (Å²) in [5, 5.41) is 4.49. The molecule has 121 valence electrons. The minimum absolute atomic E-state index is 0. The van der Waals surface area contributed by atoms with E-state index >= 15 is 0 Å². The molecule has 20 heavy (non-hydrogen) atoms. The van der Waals surface area contributed by atoms with Crippen LogP contribution in [-0.4, -0.2) is 62.2 Å². The van der Waals surface area contributed by atoms with Gasteiger partial charge in [0.05, 0.1) is 0 Å².